The van der Waals surface area contributed by atoms with Gasteiger partial charge in [0.05, 0.1) is 0 Å². The lowest BCUT2D eigenvalue weighted by molar-refractivity contribution is 1.09. The van der Waals surface area contributed by atoms with E-state index in [1.807, 2.05) is 24.3 Å². The monoisotopic (exact) mass is 409 g/mol. The van der Waals surface area contributed by atoms with E-state index < -0.39 is 0 Å². The average molecular weight is 409 g/mol. The molecule has 0 fully saturated rings. The zero-order chi connectivity index (χ0) is 18.4. The summed E-state index contributed by atoms with van der Waals surface area (Å²) in [6.07, 6.45) is 13.1. The molecule has 1 heteroatoms. The lowest BCUT2D eigenvalue weighted by Crippen LogP contribution is -1.36. The molecule has 3 radical (unpaired) electrons. The van der Waals surface area contributed by atoms with Gasteiger partial charge in [0.15, 0.2) is 0 Å². The molecular weight excluding hydrogens is 335 g/mol. The van der Waals surface area contributed by atoms with Crippen molar-refractivity contribution in [3.8, 4) is 0 Å². The van der Waals surface area contributed by atoms with Gasteiger partial charge in [0.2, 0.25) is 0 Å². The molecule has 0 aromatic carbocycles. The van der Waals surface area contributed by atoms with Crippen LogP contribution < -0.4 is 0 Å². The molecule has 0 aliphatic carbocycles. The van der Waals surface area contributed by atoms with Crippen molar-refractivity contribution in [2.45, 2.75) is 118 Å². The van der Waals surface area contributed by atoms with Crippen molar-refractivity contribution in [2.75, 3.05) is 0 Å². The van der Waals surface area contributed by atoms with Crippen LogP contribution >= 0.6 is 0 Å². The van der Waals surface area contributed by atoms with E-state index in [1.54, 1.807) is 0 Å². The fourth-order valence-electron chi connectivity index (χ4n) is 0. The van der Waals surface area contributed by atoms with Crippen LogP contribution in [0.4, 0.5) is 0 Å². The maximum atomic E-state index is 3.48. The molecule has 28 heavy (non-hydrogen) atoms. The molecular formula is C27H72B. The molecule has 0 bridgehead atoms. The van der Waals surface area contributed by atoms with Crippen LogP contribution in [0.2, 0.25) is 0 Å². The Labute approximate surface area is 193 Å². The molecule has 183 valence electrons. The summed E-state index contributed by atoms with van der Waals surface area (Å²) in [6.45, 7) is 32.4. The topological polar surface area (TPSA) is 0 Å². The van der Waals surface area contributed by atoms with Gasteiger partial charge in [-0.15, -0.1) is 39.5 Å². The Hall–Kier alpha value is -1.24. The molecule has 0 N–H and O–H groups in total. The Balaban J connectivity index is -0.00000000659. The molecule has 0 spiro atoms. The van der Waals surface area contributed by atoms with E-state index in [0.29, 0.717) is 0 Å². The second kappa shape index (κ2) is 262. The van der Waals surface area contributed by atoms with Gasteiger partial charge in [0, 0.05) is 11.3 Å². The van der Waals surface area contributed by atoms with Gasteiger partial charge < -0.3 is 0 Å². The van der Waals surface area contributed by atoms with Gasteiger partial charge in [-0.25, -0.2) is 0 Å². The van der Waals surface area contributed by atoms with Crippen LogP contribution in [0.25, 0.3) is 0 Å². The maximum Gasteiger partial charge on any atom is 0 e. The van der Waals surface area contributed by atoms with Crippen LogP contribution in [0, 0.1) is 0 Å². The fraction of sp³-hybridized carbons (Fsp3) is 0.630. The molecule has 0 rings (SSSR count). The van der Waals surface area contributed by atoms with Crippen LogP contribution in [-0.2, 0) is 0 Å². The predicted octanol–water partition coefficient (Wildman–Crippen LogP) is 12.5. The van der Waals surface area contributed by atoms with Crippen LogP contribution in [0.15, 0.2) is 63.8 Å². The Kier molecular flexibility index (Phi) is 878. The minimum Gasteiger partial charge on any atom is -0.106 e. The summed E-state index contributed by atoms with van der Waals surface area (Å²) < 4.78 is 0. The van der Waals surface area contributed by atoms with Gasteiger partial charge in [-0.2, -0.15) is 0 Å². The lowest BCUT2D eigenvalue weighted by Gasteiger charge is -1.57. The van der Waals surface area contributed by atoms with Crippen molar-refractivity contribution >= 4 is 8.41 Å². The first-order valence-corrected chi connectivity index (χ1v) is 8.01. The summed E-state index contributed by atoms with van der Waals surface area (Å²) in [5, 5.41) is 0. The Morgan fingerprint density at radius 2 is 0.536 bits per heavy atom. The van der Waals surface area contributed by atoms with Crippen molar-refractivity contribution in [3.05, 3.63) is 63.8 Å². The zero-order valence-electron chi connectivity index (χ0n) is 16.7. The molecule has 0 unspecified atom stereocenters. The fourth-order valence-corrected chi connectivity index (χ4v) is 0. The highest BCUT2D eigenvalue weighted by Gasteiger charge is 1.46. The molecule has 0 atom stereocenters. The van der Waals surface area contributed by atoms with E-state index in [-0.39, 0.29) is 55.8 Å². The molecule has 0 heterocycles. The summed E-state index contributed by atoms with van der Waals surface area (Å²) in [6, 6.07) is 0. The quantitative estimate of drug-likeness (QED) is 0.320. The summed E-state index contributed by atoms with van der Waals surface area (Å²) in [5.41, 5.74) is 0. The van der Waals surface area contributed by atoms with Crippen molar-refractivity contribution in [1.82, 2.24) is 0 Å². The van der Waals surface area contributed by atoms with Crippen molar-refractivity contribution in [1.29, 1.82) is 0 Å². The van der Waals surface area contributed by atoms with E-state index in [0.717, 1.165) is 25.7 Å². The number of rotatable bonds is 4. The predicted molar refractivity (Wildman–Crippen MR) is 160 cm³/mol. The minimum atomic E-state index is 0. The minimum absolute atomic E-state index is 0. The second-order valence-electron chi connectivity index (χ2n) is 3.49. The van der Waals surface area contributed by atoms with Crippen LogP contribution in [0.5, 0.6) is 0 Å². The zero-order valence-corrected chi connectivity index (χ0v) is 16.7. The third-order valence-electron chi connectivity index (χ3n) is 1.15. The summed E-state index contributed by atoms with van der Waals surface area (Å²) in [5.74, 6) is 0. The Morgan fingerprint density at radius 3 is 0.536 bits per heavy atom. The summed E-state index contributed by atoms with van der Waals surface area (Å²) in [4.78, 5) is 0. The normalized spacial score (nSPS) is 4.36. The van der Waals surface area contributed by atoms with Gasteiger partial charge >= 0.3 is 0 Å². The van der Waals surface area contributed by atoms with Gasteiger partial charge in [0.1, 0.15) is 0 Å². The van der Waals surface area contributed by atoms with Crippen molar-refractivity contribution in [2.24, 2.45) is 0 Å². The molecule has 0 amide bonds. The molecule has 0 aromatic rings. The smallest absolute Gasteiger partial charge is 0 e. The SMILES string of the molecule is C.C.C.C.C.C.C=C.C=CCC.C=CCC.C=CCC.C=CCC.CCC.[2HH].[B].[HH]. The van der Waals surface area contributed by atoms with Gasteiger partial charge in [0.25, 0.3) is 0 Å². The van der Waals surface area contributed by atoms with Gasteiger partial charge in [-0.3, -0.25) is 0 Å². The number of hydrogen-bond donors (Lipinski definition) is 0. The third-order valence-corrected chi connectivity index (χ3v) is 1.15. The Bertz CT molecular complexity index is 127. The maximum absolute atomic E-state index is 3.48. The van der Waals surface area contributed by atoms with Crippen molar-refractivity contribution in [3.63, 3.8) is 0 Å². The molecule has 0 aliphatic heterocycles. The summed E-state index contributed by atoms with van der Waals surface area (Å²) >= 11 is 0. The van der Waals surface area contributed by atoms with Crippen LogP contribution in [0.3, 0.4) is 0 Å². The van der Waals surface area contributed by atoms with Crippen LogP contribution in [0.1, 0.15) is 121 Å². The molecule has 0 aliphatic rings. The highest BCUT2D eigenvalue weighted by Crippen LogP contribution is 1.67. The highest BCUT2D eigenvalue weighted by molar-refractivity contribution is 5.75. The van der Waals surface area contributed by atoms with Crippen molar-refractivity contribution < 1.29 is 2.85 Å². The first kappa shape index (κ1) is 93.8. The van der Waals surface area contributed by atoms with Crippen LogP contribution in [-0.4, -0.2) is 8.41 Å². The highest BCUT2D eigenvalue weighted by atomic mass is 13.5. The summed E-state index contributed by atoms with van der Waals surface area (Å²) in [7, 11) is 0. The molecule has 0 aromatic heterocycles. The van der Waals surface area contributed by atoms with E-state index in [9.17, 15) is 0 Å². The third kappa shape index (κ3) is 1830. The largest absolute Gasteiger partial charge is 0.106 e. The lowest BCUT2D eigenvalue weighted by atomic mass is 10.5. The molecule has 0 nitrogen and oxygen atoms in total. The number of hydrogen-bond acceptors (Lipinski definition) is 0. The average Bonchev–Trinajstić information content (AvgIpc) is 2.57. The van der Waals surface area contributed by atoms with Gasteiger partial charge in [-0.1, -0.05) is 117 Å². The molecule has 0 saturated heterocycles. The van der Waals surface area contributed by atoms with E-state index in [2.05, 4.69) is 81.0 Å². The Morgan fingerprint density at radius 1 is 0.500 bits per heavy atom. The standard InChI is InChI=1S/4C4H8.C3H8.C2H4.6CH4.B.2H2/c4*1-3-4-2;1-3-2;1-2;;;;;;;;;/h4*3H,1,4H2,2H3;3H2,1-2H3;1-2H2;6*1H4;;2*1H/i;;;;;;;;;;;;;1+1;. The second-order valence-corrected chi connectivity index (χ2v) is 3.49. The number of allylic oxidation sites excluding steroid dienone is 4. The first-order valence-electron chi connectivity index (χ1n) is 8.01. The van der Waals surface area contributed by atoms with Gasteiger partial charge in [-0.05, 0) is 25.7 Å². The first-order chi connectivity index (χ1) is 10.1. The van der Waals surface area contributed by atoms with E-state index in [4.69, 9.17) is 0 Å². The van der Waals surface area contributed by atoms with E-state index in [1.165, 1.54) is 6.42 Å². The molecule has 0 saturated carbocycles. The van der Waals surface area contributed by atoms with E-state index >= 15 is 0 Å².